The Balaban J connectivity index is 2.55. The van der Waals surface area contributed by atoms with E-state index in [1.54, 1.807) is 7.11 Å². The van der Waals surface area contributed by atoms with Gasteiger partial charge in [-0.3, -0.25) is 0 Å². The van der Waals surface area contributed by atoms with Gasteiger partial charge >= 0.3 is 17.9 Å². The van der Waals surface area contributed by atoms with E-state index in [4.69, 9.17) is 28.8 Å². The Morgan fingerprint density at radius 1 is 0.966 bits per heavy atom. The van der Waals surface area contributed by atoms with E-state index in [0.29, 0.717) is 19.8 Å². The van der Waals surface area contributed by atoms with Crippen LogP contribution >= 0.6 is 0 Å². The van der Waals surface area contributed by atoms with Crippen molar-refractivity contribution in [2.24, 2.45) is 0 Å². The normalized spacial score (nSPS) is 11.7. The second-order valence-electron chi connectivity index (χ2n) is 5.81. The minimum Gasteiger partial charge on any atom is -0.478 e. The Kier molecular flexibility index (Phi) is 11.5. The number of aliphatic hydroxyl groups is 1. The van der Waals surface area contributed by atoms with Gasteiger partial charge in [0, 0.05) is 7.11 Å². The summed E-state index contributed by atoms with van der Waals surface area (Å²) in [6.07, 6.45) is -0.142. The van der Waals surface area contributed by atoms with E-state index in [9.17, 15) is 19.5 Å². The third-order valence-electron chi connectivity index (χ3n) is 3.53. The zero-order chi connectivity index (χ0) is 21.6. The fraction of sp³-hybridized carbons (Fsp3) is 0.526. The summed E-state index contributed by atoms with van der Waals surface area (Å²) in [5.74, 6) is -3.06. The number of aromatic carboxylic acids is 1. The van der Waals surface area contributed by atoms with Crippen molar-refractivity contribution in [3.8, 4) is 0 Å². The van der Waals surface area contributed by atoms with Crippen molar-refractivity contribution in [1.29, 1.82) is 0 Å². The van der Waals surface area contributed by atoms with Crippen LogP contribution in [0, 0.1) is 0 Å². The van der Waals surface area contributed by atoms with E-state index >= 15 is 0 Å². The maximum absolute atomic E-state index is 12.1. The fourth-order valence-corrected chi connectivity index (χ4v) is 2.15. The number of benzene rings is 1. The predicted octanol–water partition coefficient (Wildman–Crippen LogP) is 0.759. The summed E-state index contributed by atoms with van der Waals surface area (Å²) in [6, 6.07) is 3.43. The molecule has 0 amide bonds. The lowest BCUT2D eigenvalue weighted by atomic mass is 10.0. The molecular weight excluding hydrogens is 388 g/mol. The molecular formula is C19H26O10. The van der Waals surface area contributed by atoms with Crippen LogP contribution in [0.25, 0.3) is 0 Å². The number of carboxylic acids is 1. The molecule has 1 unspecified atom stereocenters. The molecule has 0 aliphatic rings. The number of carbonyl (C=O) groups is 3. The van der Waals surface area contributed by atoms with E-state index in [1.807, 2.05) is 6.92 Å². The van der Waals surface area contributed by atoms with Crippen molar-refractivity contribution in [1.82, 2.24) is 0 Å². The van der Waals surface area contributed by atoms with E-state index in [-0.39, 0.29) is 42.6 Å². The molecule has 29 heavy (non-hydrogen) atoms. The highest BCUT2D eigenvalue weighted by Crippen LogP contribution is 2.15. The second kappa shape index (κ2) is 13.6. The van der Waals surface area contributed by atoms with Gasteiger partial charge in [-0.1, -0.05) is 0 Å². The zero-order valence-corrected chi connectivity index (χ0v) is 16.4. The lowest BCUT2D eigenvalue weighted by molar-refractivity contribution is -0.0321. The molecule has 0 heterocycles. The van der Waals surface area contributed by atoms with E-state index in [2.05, 4.69) is 0 Å². The Morgan fingerprint density at radius 2 is 1.69 bits per heavy atom. The predicted molar refractivity (Wildman–Crippen MR) is 99.2 cm³/mol. The van der Waals surface area contributed by atoms with Crippen molar-refractivity contribution in [3.05, 3.63) is 34.9 Å². The first kappa shape index (κ1) is 24.5. The molecule has 162 valence electrons. The van der Waals surface area contributed by atoms with Gasteiger partial charge in [0.25, 0.3) is 0 Å². The lowest BCUT2D eigenvalue weighted by Gasteiger charge is -2.13. The quantitative estimate of drug-likeness (QED) is 0.331. The Labute approximate surface area is 168 Å². The summed E-state index contributed by atoms with van der Waals surface area (Å²) in [5, 5.41) is 17.9. The van der Waals surface area contributed by atoms with Crippen LogP contribution < -0.4 is 0 Å². The number of ether oxygens (including phenoxy) is 5. The lowest BCUT2D eigenvalue weighted by Crippen LogP contribution is -2.20. The number of hydrogen-bond donors (Lipinski definition) is 2. The van der Waals surface area contributed by atoms with Crippen LogP contribution in [0.1, 0.15) is 38.0 Å². The molecule has 0 aliphatic carbocycles. The first-order chi connectivity index (χ1) is 13.9. The maximum Gasteiger partial charge on any atom is 0.339 e. The Morgan fingerprint density at radius 3 is 2.34 bits per heavy atom. The molecule has 0 aromatic heterocycles. The summed E-state index contributed by atoms with van der Waals surface area (Å²) in [7, 11) is 1.58. The highest BCUT2D eigenvalue weighted by molar-refractivity contribution is 6.04. The number of rotatable bonds is 14. The molecule has 1 rings (SSSR count). The van der Waals surface area contributed by atoms with Crippen LogP contribution in [0.3, 0.4) is 0 Å². The molecule has 10 heteroatoms. The Bertz CT molecular complexity index is 673. The number of aliphatic hydroxyl groups excluding tert-OH is 1. The molecule has 2 N–H and O–H groups in total. The van der Waals surface area contributed by atoms with Crippen LogP contribution in [-0.2, 0) is 23.7 Å². The number of carbonyl (C=O) groups excluding carboxylic acids is 2. The summed E-state index contributed by atoms with van der Waals surface area (Å²) >= 11 is 0. The third-order valence-corrected chi connectivity index (χ3v) is 3.53. The molecule has 0 fully saturated rings. The SMILES string of the molecule is COCCOC(C)COCCOC(=O)c1ccc(C(=O)O)c(C(=O)OCCO)c1. The summed E-state index contributed by atoms with van der Waals surface area (Å²) in [4.78, 5) is 35.4. The molecule has 0 spiro atoms. The smallest absolute Gasteiger partial charge is 0.339 e. The zero-order valence-electron chi connectivity index (χ0n) is 16.4. The number of carboxylic acid groups (broad SMARTS) is 1. The third kappa shape index (κ3) is 9.01. The van der Waals surface area contributed by atoms with E-state index < -0.39 is 24.5 Å². The topological polar surface area (TPSA) is 138 Å². The second-order valence-corrected chi connectivity index (χ2v) is 5.81. The molecule has 10 nitrogen and oxygen atoms in total. The largest absolute Gasteiger partial charge is 0.478 e. The van der Waals surface area contributed by atoms with Gasteiger partial charge in [0.2, 0.25) is 0 Å². The highest BCUT2D eigenvalue weighted by atomic mass is 16.6. The fourth-order valence-electron chi connectivity index (χ4n) is 2.15. The van der Waals surface area contributed by atoms with Crippen LogP contribution in [-0.4, -0.2) is 87.6 Å². The molecule has 0 radical (unpaired) electrons. The number of methoxy groups -OCH3 is 1. The minimum atomic E-state index is -1.35. The average Bonchev–Trinajstić information content (AvgIpc) is 2.71. The molecule has 1 atom stereocenters. The first-order valence-electron chi connectivity index (χ1n) is 8.91. The maximum atomic E-state index is 12.1. The molecule has 0 bridgehead atoms. The van der Waals surface area contributed by atoms with Gasteiger partial charge in [-0.05, 0) is 25.1 Å². The van der Waals surface area contributed by atoms with Gasteiger partial charge in [0.15, 0.2) is 0 Å². The highest BCUT2D eigenvalue weighted by Gasteiger charge is 2.21. The number of hydrogen-bond acceptors (Lipinski definition) is 9. The monoisotopic (exact) mass is 414 g/mol. The molecule has 0 saturated heterocycles. The van der Waals surface area contributed by atoms with Gasteiger partial charge in [0.05, 0.1) is 55.8 Å². The van der Waals surface area contributed by atoms with Crippen molar-refractivity contribution < 1.29 is 48.3 Å². The van der Waals surface area contributed by atoms with Gasteiger partial charge in [-0.2, -0.15) is 0 Å². The van der Waals surface area contributed by atoms with Crippen molar-refractivity contribution >= 4 is 17.9 Å². The molecule has 0 aliphatic heterocycles. The van der Waals surface area contributed by atoms with Crippen LogP contribution in [0.2, 0.25) is 0 Å². The van der Waals surface area contributed by atoms with E-state index in [1.165, 1.54) is 6.07 Å². The van der Waals surface area contributed by atoms with Crippen LogP contribution in [0.15, 0.2) is 18.2 Å². The van der Waals surface area contributed by atoms with Gasteiger partial charge < -0.3 is 33.9 Å². The van der Waals surface area contributed by atoms with Crippen molar-refractivity contribution in [2.75, 3.05) is 53.4 Å². The van der Waals surface area contributed by atoms with E-state index in [0.717, 1.165) is 12.1 Å². The Hall–Kier alpha value is -2.53. The molecule has 1 aromatic carbocycles. The standard InChI is InChI=1S/C19H26O10/c1-13(27-9-7-25-2)12-26-8-10-29-18(23)14-3-4-15(17(21)22)16(11-14)19(24)28-6-5-20/h3-4,11,13,20H,5-10,12H2,1-2H3,(H,21,22). The van der Waals surface area contributed by atoms with Crippen molar-refractivity contribution in [3.63, 3.8) is 0 Å². The summed E-state index contributed by atoms with van der Waals surface area (Å²) in [6.45, 7) is 2.49. The molecule has 1 aromatic rings. The van der Waals surface area contributed by atoms with Crippen LogP contribution in [0.4, 0.5) is 0 Å². The van der Waals surface area contributed by atoms with Crippen LogP contribution in [0.5, 0.6) is 0 Å². The van der Waals surface area contributed by atoms with Crippen molar-refractivity contribution in [2.45, 2.75) is 13.0 Å². The number of esters is 2. The molecule has 0 saturated carbocycles. The summed E-state index contributed by atoms with van der Waals surface area (Å²) < 4.78 is 25.4. The first-order valence-corrected chi connectivity index (χ1v) is 8.91. The summed E-state index contributed by atoms with van der Waals surface area (Å²) in [5.41, 5.74) is -0.642. The average molecular weight is 414 g/mol. The minimum absolute atomic E-state index is 0.0118. The van der Waals surface area contributed by atoms with Gasteiger partial charge in [0.1, 0.15) is 13.2 Å². The van der Waals surface area contributed by atoms with Gasteiger partial charge in [-0.15, -0.1) is 0 Å². The van der Waals surface area contributed by atoms with Gasteiger partial charge in [-0.25, -0.2) is 14.4 Å².